The van der Waals surface area contributed by atoms with Crippen LogP contribution in [0, 0.1) is 0 Å². The van der Waals surface area contributed by atoms with Crippen LogP contribution < -0.4 is 5.32 Å². The molecule has 0 radical (unpaired) electrons. The zero-order valence-electron chi connectivity index (χ0n) is 8.34. The van der Waals surface area contributed by atoms with Crippen LogP contribution in [0.2, 0.25) is 0 Å². The Labute approximate surface area is 80.1 Å². The molecule has 1 heterocycles. The zero-order valence-corrected chi connectivity index (χ0v) is 9.16. The van der Waals surface area contributed by atoms with Gasteiger partial charge in [0.25, 0.3) is 0 Å². The van der Waals surface area contributed by atoms with Crippen LogP contribution in [0.15, 0.2) is 0 Å². The number of piperazine rings is 1. The van der Waals surface area contributed by atoms with Crippen molar-refractivity contribution in [3.8, 4) is 0 Å². The maximum atomic E-state index is 3.41. The second-order valence-electron chi connectivity index (χ2n) is 3.60. The van der Waals surface area contributed by atoms with Crippen molar-refractivity contribution in [2.75, 3.05) is 31.6 Å². The van der Waals surface area contributed by atoms with Gasteiger partial charge in [0.05, 0.1) is 0 Å². The van der Waals surface area contributed by atoms with E-state index in [9.17, 15) is 0 Å². The summed E-state index contributed by atoms with van der Waals surface area (Å²) in [4.78, 5) is 2.60. The van der Waals surface area contributed by atoms with Crippen molar-refractivity contribution in [3.63, 3.8) is 0 Å². The van der Waals surface area contributed by atoms with E-state index in [4.69, 9.17) is 0 Å². The van der Waals surface area contributed by atoms with Crippen molar-refractivity contribution in [1.82, 2.24) is 10.2 Å². The van der Waals surface area contributed by atoms with Crippen LogP contribution in [0.1, 0.15) is 13.8 Å². The first-order valence-corrected chi connectivity index (χ1v) is 6.10. The monoisotopic (exact) mass is 188 g/mol. The Morgan fingerprint density at radius 1 is 1.67 bits per heavy atom. The molecule has 3 heteroatoms. The van der Waals surface area contributed by atoms with E-state index in [2.05, 4.69) is 30.3 Å². The van der Waals surface area contributed by atoms with E-state index in [1.165, 1.54) is 12.3 Å². The first-order chi connectivity index (χ1) is 5.75. The molecule has 2 nitrogen and oxygen atoms in total. The molecule has 72 valence electrons. The quantitative estimate of drug-likeness (QED) is 0.712. The predicted octanol–water partition coefficient (Wildman–Crippen LogP) is 1.03. The van der Waals surface area contributed by atoms with Crippen LogP contribution in [0.3, 0.4) is 0 Å². The first-order valence-electron chi connectivity index (χ1n) is 4.71. The van der Waals surface area contributed by atoms with E-state index in [-0.39, 0.29) is 0 Å². The highest BCUT2D eigenvalue weighted by Crippen LogP contribution is 2.11. The average molecular weight is 188 g/mol. The van der Waals surface area contributed by atoms with Crippen LogP contribution in [-0.4, -0.2) is 48.6 Å². The third-order valence-electron chi connectivity index (χ3n) is 2.53. The molecule has 0 aromatic rings. The zero-order chi connectivity index (χ0) is 8.97. The van der Waals surface area contributed by atoms with Gasteiger partial charge in [-0.25, -0.2) is 0 Å². The molecule has 1 aliphatic heterocycles. The SMILES string of the molecule is CSCC(C)N1CCNCC1C. The molecular weight excluding hydrogens is 168 g/mol. The fraction of sp³-hybridized carbons (Fsp3) is 1.00. The van der Waals surface area contributed by atoms with Crippen LogP contribution in [0.4, 0.5) is 0 Å². The number of rotatable bonds is 3. The highest BCUT2D eigenvalue weighted by atomic mass is 32.2. The van der Waals surface area contributed by atoms with Crippen LogP contribution in [-0.2, 0) is 0 Å². The van der Waals surface area contributed by atoms with Gasteiger partial charge in [0.2, 0.25) is 0 Å². The van der Waals surface area contributed by atoms with E-state index in [1.807, 2.05) is 11.8 Å². The highest BCUT2D eigenvalue weighted by molar-refractivity contribution is 7.98. The minimum absolute atomic E-state index is 0.709. The molecule has 0 spiro atoms. The molecule has 1 rings (SSSR count). The van der Waals surface area contributed by atoms with Gasteiger partial charge >= 0.3 is 0 Å². The lowest BCUT2D eigenvalue weighted by Gasteiger charge is -2.38. The standard InChI is InChI=1S/C9H20N2S/c1-8-6-10-4-5-11(8)9(2)7-12-3/h8-10H,4-7H2,1-3H3. The molecular formula is C9H20N2S. The lowest BCUT2D eigenvalue weighted by molar-refractivity contribution is 0.137. The van der Waals surface area contributed by atoms with Gasteiger partial charge in [-0.3, -0.25) is 4.90 Å². The minimum Gasteiger partial charge on any atom is -0.314 e. The fourth-order valence-electron chi connectivity index (χ4n) is 1.85. The molecule has 1 aliphatic rings. The van der Waals surface area contributed by atoms with E-state index in [1.54, 1.807) is 0 Å². The number of nitrogens with one attached hydrogen (secondary N) is 1. The molecule has 2 atom stereocenters. The molecule has 1 saturated heterocycles. The molecule has 0 saturated carbocycles. The van der Waals surface area contributed by atoms with Gasteiger partial charge in [-0.1, -0.05) is 0 Å². The largest absolute Gasteiger partial charge is 0.314 e. The Morgan fingerprint density at radius 2 is 2.42 bits per heavy atom. The van der Waals surface area contributed by atoms with Gasteiger partial charge in [0, 0.05) is 37.5 Å². The summed E-state index contributed by atoms with van der Waals surface area (Å²) in [6.45, 7) is 8.16. The second-order valence-corrected chi connectivity index (χ2v) is 4.51. The maximum absolute atomic E-state index is 3.41. The van der Waals surface area contributed by atoms with Gasteiger partial charge < -0.3 is 5.32 Å². The summed E-state index contributed by atoms with van der Waals surface area (Å²) in [5.74, 6) is 1.25. The molecule has 1 N–H and O–H groups in total. The summed E-state index contributed by atoms with van der Waals surface area (Å²) in [5.41, 5.74) is 0. The summed E-state index contributed by atoms with van der Waals surface area (Å²) in [6, 6.07) is 1.44. The average Bonchev–Trinajstić information content (AvgIpc) is 2.05. The Kier molecular flexibility index (Phi) is 4.40. The van der Waals surface area contributed by atoms with Gasteiger partial charge in [-0.2, -0.15) is 11.8 Å². The summed E-state index contributed by atoms with van der Waals surface area (Å²) in [6.07, 6.45) is 2.18. The molecule has 1 fully saturated rings. The molecule has 0 aromatic heterocycles. The van der Waals surface area contributed by atoms with Crippen LogP contribution >= 0.6 is 11.8 Å². The maximum Gasteiger partial charge on any atom is 0.0196 e. The van der Waals surface area contributed by atoms with E-state index < -0.39 is 0 Å². The topological polar surface area (TPSA) is 15.3 Å². The number of hydrogen-bond donors (Lipinski definition) is 1. The highest BCUT2D eigenvalue weighted by Gasteiger charge is 2.21. The molecule has 12 heavy (non-hydrogen) atoms. The molecule has 0 bridgehead atoms. The third kappa shape index (κ3) is 2.64. The fourth-order valence-corrected chi connectivity index (χ4v) is 2.52. The van der Waals surface area contributed by atoms with E-state index >= 15 is 0 Å². The molecule has 0 aromatic carbocycles. The van der Waals surface area contributed by atoms with Crippen LogP contribution in [0.5, 0.6) is 0 Å². The molecule has 2 unspecified atom stereocenters. The lowest BCUT2D eigenvalue weighted by atomic mass is 10.2. The third-order valence-corrected chi connectivity index (χ3v) is 3.34. The van der Waals surface area contributed by atoms with Gasteiger partial charge in [0.15, 0.2) is 0 Å². The summed E-state index contributed by atoms with van der Waals surface area (Å²) in [7, 11) is 0. The summed E-state index contributed by atoms with van der Waals surface area (Å²) >= 11 is 1.94. The smallest absolute Gasteiger partial charge is 0.0196 e. The van der Waals surface area contributed by atoms with Gasteiger partial charge in [0.1, 0.15) is 0 Å². The normalized spacial score (nSPS) is 28.8. The van der Waals surface area contributed by atoms with E-state index in [0.717, 1.165) is 19.1 Å². The van der Waals surface area contributed by atoms with Gasteiger partial charge in [-0.05, 0) is 20.1 Å². The lowest BCUT2D eigenvalue weighted by Crippen LogP contribution is -2.53. The minimum atomic E-state index is 0.709. The van der Waals surface area contributed by atoms with Crippen LogP contribution in [0.25, 0.3) is 0 Å². The second kappa shape index (κ2) is 5.10. The molecule has 0 amide bonds. The summed E-state index contributed by atoms with van der Waals surface area (Å²) < 4.78 is 0. The predicted molar refractivity (Wildman–Crippen MR) is 56.9 cm³/mol. The van der Waals surface area contributed by atoms with Crippen molar-refractivity contribution in [1.29, 1.82) is 0 Å². The van der Waals surface area contributed by atoms with Crippen molar-refractivity contribution in [2.45, 2.75) is 25.9 Å². The van der Waals surface area contributed by atoms with Gasteiger partial charge in [-0.15, -0.1) is 0 Å². The van der Waals surface area contributed by atoms with Crippen molar-refractivity contribution >= 4 is 11.8 Å². The van der Waals surface area contributed by atoms with Crippen molar-refractivity contribution < 1.29 is 0 Å². The Balaban J connectivity index is 2.36. The molecule has 0 aliphatic carbocycles. The van der Waals surface area contributed by atoms with E-state index in [0.29, 0.717) is 6.04 Å². The Bertz CT molecular complexity index is 130. The Morgan fingerprint density at radius 3 is 3.00 bits per heavy atom. The number of thioether (sulfide) groups is 1. The first kappa shape index (κ1) is 10.4. The van der Waals surface area contributed by atoms with Crippen molar-refractivity contribution in [2.24, 2.45) is 0 Å². The Hall–Kier alpha value is 0.270. The number of hydrogen-bond acceptors (Lipinski definition) is 3. The summed E-state index contributed by atoms with van der Waals surface area (Å²) in [5, 5.41) is 3.41. The van der Waals surface area contributed by atoms with Crippen molar-refractivity contribution in [3.05, 3.63) is 0 Å². The number of nitrogens with zero attached hydrogens (tertiary/aromatic N) is 1.